The molecule has 2 aromatic rings. The molecular weight excluding hydrogens is 250 g/mol. The Labute approximate surface area is 120 Å². The molecule has 0 aliphatic carbocycles. The molecule has 1 aromatic carbocycles. The minimum atomic E-state index is 0.203. The van der Waals surface area contributed by atoms with Crippen LogP contribution in [0.1, 0.15) is 38.1 Å². The molecule has 0 saturated carbocycles. The third-order valence-electron chi connectivity index (χ3n) is 2.98. The van der Waals surface area contributed by atoms with E-state index in [1.165, 1.54) is 5.56 Å². The fourth-order valence-corrected chi connectivity index (χ4v) is 1.91. The summed E-state index contributed by atoms with van der Waals surface area (Å²) in [5.74, 6) is 0.909. The molecule has 4 nitrogen and oxygen atoms in total. The lowest BCUT2D eigenvalue weighted by atomic mass is 10.1. The number of nitrogens with zero attached hydrogens (tertiary/aromatic N) is 2. The number of rotatable bonds is 6. The quantitative estimate of drug-likeness (QED) is 0.877. The molecule has 0 amide bonds. The van der Waals surface area contributed by atoms with Gasteiger partial charge in [0.05, 0.1) is 11.8 Å². The summed E-state index contributed by atoms with van der Waals surface area (Å²) in [6.45, 7) is 6.92. The van der Waals surface area contributed by atoms with Crippen LogP contribution in [0.2, 0.25) is 0 Å². The van der Waals surface area contributed by atoms with Gasteiger partial charge in [0.25, 0.3) is 0 Å². The number of benzene rings is 1. The summed E-state index contributed by atoms with van der Waals surface area (Å²) in [7, 11) is 0. The predicted molar refractivity (Wildman–Crippen MR) is 79.5 cm³/mol. The first-order chi connectivity index (χ1) is 9.65. The predicted octanol–water partition coefficient (Wildman–Crippen LogP) is 3.11. The third kappa shape index (κ3) is 4.31. The maximum absolute atomic E-state index is 5.64. The van der Waals surface area contributed by atoms with Gasteiger partial charge >= 0.3 is 0 Å². The van der Waals surface area contributed by atoms with Crippen molar-refractivity contribution >= 4 is 0 Å². The lowest BCUT2D eigenvalue weighted by molar-refractivity contribution is 0.242. The van der Waals surface area contributed by atoms with E-state index in [9.17, 15) is 0 Å². The van der Waals surface area contributed by atoms with E-state index >= 15 is 0 Å². The average molecular weight is 271 g/mol. The van der Waals surface area contributed by atoms with Gasteiger partial charge in [-0.15, -0.1) is 0 Å². The maximum Gasteiger partial charge on any atom is 0.119 e. The van der Waals surface area contributed by atoms with Crippen LogP contribution in [-0.4, -0.2) is 16.1 Å². The first-order valence-corrected chi connectivity index (χ1v) is 6.90. The smallest absolute Gasteiger partial charge is 0.119 e. The molecule has 0 bridgehead atoms. The molecule has 1 atom stereocenters. The summed E-state index contributed by atoms with van der Waals surface area (Å²) in [6, 6.07) is 10.4. The molecular formula is C16H21N3O. The molecule has 1 aromatic heterocycles. The fourth-order valence-electron chi connectivity index (χ4n) is 1.91. The van der Waals surface area contributed by atoms with Crippen LogP contribution < -0.4 is 10.1 Å². The zero-order valence-electron chi connectivity index (χ0n) is 12.2. The average Bonchev–Trinajstić information content (AvgIpc) is 2.46. The standard InChI is InChI=1S/C16H21N3O/c1-12(2)20-16-6-4-14(5-7-16)13(3)18-10-15-8-9-17-11-19-15/h4-9,11-13,18H,10H2,1-3H3. The van der Waals surface area contributed by atoms with Gasteiger partial charge in [-0.2, -0.15) is 0 Å². The molecule has 106 valence electrons. The highest BCUT2D eigenvalue weighted by Gasteiger charge is 2.06. The summed E-state index contributed by atoms with van der Waals surface area (Å²) in [5, 5.41) is 3.44. The molecule has 0 spiro atoms. The van der Waals surface area contributed by atoms with Crippen LogP contribution in [0.4, 0.5) is 0 Å². The lowest BCUT2D eigenvalue weighted by Crippen LogP contribution is -2.18. The van der Waals surface area contributed by atoms with Crippen LogP contribution in [0.3, 0.4) is 0 Å². The Bertz CT molecular complexity index is 511. The Morgan fingerprint density at radius 2 is 1.85 bits per heavy atom. The van der Waals surface area contributed by atoms with Crippen molar-refractivity contribution in [1.29, 1.82) is 0 Å². The summed E-state index contributed by atoms with van der Waals surface area (Å²) >= 11 is 0. The van der Waals surface area contributed by atoms with Crippen LogP contribution in [-0.2, 0) is 6.54 Å². The summed E-state index contributed by atoms with van der Waals surface area (Å²) in [4.78, 5) is 8.11. The van der Waals surface area contributed by atoms with E-state index in [1.807, 2.05) is 32.0 Å². The molecule has 20 heavy (non-hydrogen) atoms. The van der Waals surface area contributed by atoms with E-state index < -0.39 is 0 Å². The van der Waals surface area contributed by atoms with Crippen LogP contribution in [0.15, 0.2) is 42.9 Å². The lowest BCUT2D eigenvalue weighted by Gasteiger charge is -2.15. The second-order valence-electron chi connectivity index (χ2n) is 5.04. The van der Waals surface area contributed by atoms with Crippen LogP contribution in [0.5, 0.6) is 5.75 Å². The number of ether oxygens (including phenoxy) is 1. The maximum atomic E-state index is 5.64. The summed E-state index contributed by atoms with van der Waals surface area (Å²) in [5.41, 5.74) is 2.22. The second-order valence-corrected chi connectivity index (χ2v) is 5.04. The zero-order valence-corrected chi connectivity index (χ0v) is 12.2. The van der Waals surface area contributed by atoms with E-state index in [4.69, 9.17) is 4.74 Å². The minimum absolute atomic E-state index is 0.203. The van der Waals surface area contributed by atoms with Crippen LogP contribution >= 0.6 is 0 Å². The Kier molecular flexibility index (Phi) is 5.07. The van der Waals surface area contributed by atoms with Crippen molar-refractivity contribution in [1.82, 2.24) is 15.3 Å². The molecule has 0 aliphatic heterocycles. The monoisotopic (exact) mass is 271 g/mol. The molecule has 1 N–H and O–H groups in total. The van der Waals surface area contributed by atoms with E-state index in [2.05, 4.69) is 34.3 Å². The zero-order chi connectivity index (χ0) is 14.4. The third-order valence-corrected chi connectivity index (χ3v) is 2.98. The summed E-state index contributed by atoms with van der Waals surface area (Å²) in [6.07, 6.45) is 3.53. The van der Waals surface area contributed by atoms with Gasteiger partial charge in [0.2, 0.25) is 0 Å². The Balaban J connectivity index is 1.90. The number of hydrogen-bond acceptors (Lipinski definition) is 4. The minimum Gasteiger partial charge on any atom is -0.491 e. The van der Waals surface area contributed by atoms with Gasteiger partial charge < -0.3 is 10.1 Å². The second kappa shape index (κ2) is 7.01. The highest BCUT2D eigenvalue weighted by molar-refractivity contribution is 5.29. The van der Waals surface area contributed by atoms with E-state index in [1.54, 1.807) is 12.5 Å². The molecule has 4 heteroatoms. The molecule has 1 heterocycles. The van der Waals surface area contributed by atoms with Crippen molar-refractivity contribution < 1.29 is 4.74 Å². The molecule has 2 rings (SSSR count). The van der Waals surface area contributed by atoms with Crippen LogP contribution in [0, 0.1) is 0 Å². The fraction of sp³-hybridized carbons (Fsp3) is 0.375. The van der Waals surface area contributed by atoms with Crippen molar-refractivity contribution in [2.24, 2.45) is 0 Å². The van der Waals surface area contributed by atoms with E-state index in [0.29, 0.717) is 0 Å². The molecule has 0 fully saturated rings. The van der Waals surface area contributed by atoms with E-state index in [-0.39, 0.29) is 12.1 Å². The van der Waals surface area contributed by atoms with Gasteiger partial charge in [0.15, 0.2) is 0 Å². The van der Waals surface area contributed by atoms with Crippen molar-refractivity contribution in [2.75, 3.05) is 0 Å². The first kappa shape index (κ1) is 14.5. The van der Waals surface area contributed by atoms with Gasteiger partial charge in [-0.05, 0) is 44.5 Å². The van der Waals surface area contributed by atoms with Crippen molar-refractivity contribution in [3.8, 4) is 5.75 Å². The Hall–Kier alpha value is -1.94. The van der Waals surface area contributed by atoms with Crippen molar-refractivity contribution in [2.45, 2.75) is 39.5 Å². The van der Waals surface area contributed by atoms with Gasteiger partial charge in [0, 0.05) is 18.8 Å². The molecule has 0 radical (unpaired) electrons. The van der Waals surface area contributed by atoms with E-state index in [0.717, 1.165) is 18.0 Å². The molecule has 1 unspecified atom stereocenters. The largest absolute Gasteiger partial charge is 0.491 e. The Morgan fingerprint density at radius 1 is 1.10 bits per heavy atom. The van der Waals surface area contributed by atoms with Crippen LogP contribution in [0.25, 0.3) is 0 Å². The SMILES string of the molecule is CC(C)Oc1ccc(C(C)NCc2ccncn2)cc1. The highest BCUT2D eigenvalue weighted by Crippen LogP contribution is 2.18. The van der Waals surface area contributed by atoms with Gasteiger partial charge in [-0.1, -0.05) is 12.1 Å². The molecule has 0 aliphatic rings. The number of hydrogen-bond donors (Lipinski definition) is 1. The topological polar surface area (TPSA) is 47.0 Å². The van der Waals surface area contributed by atoms with Crippen molar-refractivity contribution in [3.05, 3.63) is 54.1 Å². The highest BCUT2D eigenvalue weighted by atomic mass is 16.5. The number of nitrogens with one attached hydrogen (secondary N) is 1. The van der Waals surface area contributed by atoms with Gasteiger partial charge in [0.1, 0.15) is 12.1 Å². The Morgan fingerprint density at radius 3 is 2.45 bits per heavy atom. The first-order valence-electron chi connectivity index (χ1n) is 6.90. The summed E-state index contributed by atoms with van der Waals surface area (Å²) < 4.78 is 5.64. The van der Waals surface area contributed by atoms with Crippen molar-refractivity contribution in [3.63, 3.8) is 0 Å². The molecule has 0 saturated heterocycles. The van der Waals surface area contributed by atoms with Gasteiger partial charge in [-0.3, -0.25) is 0 Å². The van der Waals surface area contributed by atoms with Gasteiger partial charge in [-0.25, -0.2) is 9.97 Å². The normalized spacial score (nSPS) is 12.4. The number of aromatic nitrogens is 2.